The number of nitrogens with one attached hydrogen (secondary N) is 1. The molecule has 2 aliphatic carbocycles. The molecule has 1 unspecified atom stereocenters. The second-order valence-corrected chi connectivity index (χ2v) is 5.46. The summed E-state index contributed by atoms with van der Waals surface area (Å²) in [6, 6.07) is 0.522. The van der Waals surface area contributed by atoms with E-state index in [2.05, 4.69) is 12.2 Å². The molecule has 0 aromatic heterocycles. The van der Waals surface area contributed by atoms with E-state index in [1.54, 1.807) is 0 Å². The summed E-state index contributed by atoms with van der Waals surface area (Å²) < 4.78 is 4.92. The maximum absolute atomic E-state index is 11.8. The van der Waals surface area contributed by atoms with E-state index >= 15 is 0 Å². The first-order valence-corrected chi connectivity index (χ1v) is 6.54. The molecule has 2 aliphatic rings. The van der Waals surface area contributed by atoms with Crippen molar-refractivity contribution in [2.75, 3.05) is 7.11 Å². The Morgan fingerprint density at radius 3 is 2.31 bits per heavy atom. The van der Waals surface area contributed by atoms with Gasteiger partial charge in [-0.2, -0.15) is 0 Å². The van der Waals surface area contributed by atoms with Gasteiger partial charge in [-0.05, 0) is 37.5 Å². The lowest BCUT2D eigenvalue weighted by molar-refractivity contribution is -0.145. The molecular weight excluding hydrogens is 202 g/mol. The Labute approximate surface area is 97.9 Å². The predicted molar refractivity (Wildman–Crippen MR) is 63.1 cm³/mol. The zero-order valence-corrected chi connectivity index (χ0v) is 10.4. The number of esters is 1. The van der Waals surface area contributed by atoms with Crippen molar-refractivity contribution in [2.24, 2.45) is 11.8 Å². The van der Waals surface area contributed by atoms with Crippen LogP contribution in [-0.2, 0) is 9.53 Å². The molecule has 0 saturated heterocycles. The summed E-state index contributed by atoms with van der Waals surface area (Å²) in [7, 11) is 1.50. The van der Waals surface area contributed by atoms with Gasteiger partial charge < -0.3 is 10.1 Å². The molecule has 0 aromatic rings. The fourth-order valence-corrected chi connectivity index (χ4v) is 2.65. The highest BCUT2D eigenvalue weighted by Gasteiger charge is 2.35. The molecule has 0 bridgehead atoms. The Hall–Kier alpha value is -0.570. The van der Waals surface area contributed by atoms with Crippen LogP contribution in [0, 0.1) is 11.8 Å². The Morgan fingerprint density at radius 1 is 1.19 bits per heavy atom. The average molecular weight is 225 g/mol. The van der Waals surface area contributed by atoms with Crippen molar-refractivity contribution < 1.29 is 9.53 Å². The molecule has 0 aliphatic heterocycles. The molecule has 3 heteroatoms. The first-order chi connectivity index (χ1) is 7.70. The summed E-state index contributed by atoms with van der Waals surface area (Å²) in [5.41, 5.74) is 0. The van der Waals surface area contributed by atoms with Crippen LogP contribution in [0.25, 0.3) is 0 Å². The van der Waals surface area contributed by atoms with Gasteiger partial charge in [-0.25, -0.2) is 0 Å². The van der Waals surface area contributed by atoms with Crippen LogP contribution in [0.4, 0.5) is 0 Å². The van der Waals surface area contributed by atoms with Crippen LogP contribution in [0.15, 0.2) is 0 Å². The maximum Gasteiger partial charge on any atom is 0.323 e. The normalized spacial score (nSPS) is 32.1. The number of hydrogen-bond donors (Lipinski definition) is 1. The van der Waals surface area contributed by atoms with Crippen LogP contribution in [0.5, 0.6) is 0 Å². The SMILES string of the molecule is COC(=O)C(NC1CC1)C1CCC(C)CC1. The van der Waals surface area contributed by atoms with E-state index < -0.39 is 0 Å². The van der Waals surface area contributed by atoms with Gasteiger partial charge in [-0.15, -0.1) is 0 Å². The highest BCUT2D eigenvalue weighted by atomic mass is 16.5. The summed E-state index contributed by atoms with van der Waals surface area (Å²) in [5.74, 6) is 1.26. The van der Waals surface area contributed by atoms with Gasteiger partial charge in [0.05, 0.1) is 7.11 Å². The van der Waals surface area contributed by atoms with Crippen LogP contribution >= 0.6 is 0 Å². The van der Waals surface area contributed by atoms with E-state index in [1.165, 1.54) is 45.6 Å². The Bertz CT molecular complexity index is 242. The molecule has 3 nitrogen and oxygen atoms in total. The topological polar surface area (TPSA) is 38.3 Å². The third-order valence-electron chi connectivity index (χ3n) is 3.98. The molecule has 1 N–H and O–H groups in total. The molecule has 0 radical (unpaired) electrons. The molecule has 92 valence electrons. The van der Waals surface area contributed by atoms with Crippen molar-refractivity contribution >= 4 is 5.97 Å². The highest BCUT2D eigenvalue weighted by molar-refractivity contribution is 5.76. The van der Waals surface area contributed by atoms with Gasteiger partial charge in [0.15, 0.2) is 0 Å². The van der Waals surface area contributed by atoms with Crippen LogP contribution in [-0.4, -0.2) is 25.2 Å². The number of rotatable bonds is 4. The van der Waals surface area contributed by atoms with E-state index in [-0.39, 0.29) is 12.0 Å². The minimum Gasteiger partial charge on any atom is -0.468 e. The van der Waals surface area contributed by atoms with Crippen LogP contribution < -0.4 is 5.32 Å². The predicted octanol–water partition coefficient (Wildman–Crippen LogP) is 2.11. The molecule has 0 amide bonds. The van der Waals surface area contributed by atoms with Gasteiger partial charge in [0, 0.05) is 6.04 Å². The number of methoxy groups -OCH3 is 1. The molecule has 0 aromatic carbocycles. The standard InChI is InChI=1S/C13H23NO2/c1-9-3-5-10(6-4-9)12(13(15)16-2)14-11-7-8-11/h9-12,14H,3-8H2,1-2H3. The minimum atomic E-state index is -0.0635. The zero-order valence-electron chi connectivity index (χ0n) is 10.4. The van der Waals surface area contributed by atoms with Crippen molar-refractivity contribution in [3.8, 4) is 0 Å². The van der Waals surface area contributed by atoms with Gasteiger partial charge in [0.2, 0.25) is 0 Å². The van der Waals surface area contributed by atoms with E-state index in [9.17, 15) is 4.79 Å². The smallest absolute Gasteiger partial charge is 0.323 e. The van der Waals surface area contributed by atoms with Crippen molar-refractivity contribution in [3.05, 3.63) is 0 Å². The van der Waals surface area contributed by atoms with E-state index in [0.29, 0.717) is 12.0 Å². The molecular formula is C13H23NO2. The van der Waals surface area contributed by atoms with Crippen molar-refractivity contribution in [3.63, 3.8) is 0 Å². The minimum absolute atomic E-state index is 0.0509. The van der Waals surface area contributed by atoms with Crippen molar-refractivity contribution in [1.29, 1.82) is 0 Å². The zero-order chi connectivity index (χ0) is 11.5. The summed E-state index contributed by atoms with van der Waals surface area (Å²) in [6.45, 7) is 2.30. The lowest BCUT2D eigenvalue weighted by Crippen LogP contribution is -2.45. The Morgan fingerprint density at radius 2 is 1.81 bits per heavy atom. The molecule has 2 fully saturated rings. The average Bonchev–Trinajstić information content (AvgIpc) is 3.10. The summed E-state index contributed by atoms with van der Waals surface area (Å²) in [6.07, 6.45) is 7.28. The van der Waals surface area contributed by atoms with Gasteiger partial charge in [0.1, 0.15) is 6.04 Å². The maximum atomic E-state index is 11.8. The number of ether oxygens (including phenoxy) is 1. The van der Waals surface area contributed by atoms with Crippen LogP contribution in [0.1, 0.15) is 45.4 Å². The highest BCUT2D eigenvalue weighted by Crippen LogP contribution is 2.32. The van der Waals surface area contributed by atoms with E-state index in [1.807, 2.05) is 0 Å². The van der Waals surface area contributed by atoms with Gasteiger partial charge in [-0.3, -0.25) is 4.79 Å². The molecule has 2 saturated carbocycles. The monoisotopic (exact) mass is 225 g/mol. The summed E-state index contributed by atoms with van der Waals surface area (Å²) >= 11 is 0. The molecule has 2 rings (SSSR count). The van der Waals surface area contributed by atoms with Crippen LogP contribution in [0.3, 0.4) is 0 Å². The first kappa shape index (κ1) is 11.9. The van der Waals surface area contributed by atoms with E-state index in [0.717, 1.165) is 5.92 Å². The third-order valence-corrected chi connectivity index (χ3v) is 3.98. The Kier molecular flexibility index (Phi) is 3.85. The number of carbonyl (C=O) groups excluding carboxylic acids is 1. The molecule has 0 spiro atoms. The number of hydrogen-bond acceptors (Lipinski definition) is 3. The largest absolute Gasteiger partial charge is 0.468 e. The lowest BCUT2D eigenvalue weighted by atomic mass is 9.79. The fourth-order valence-electron chi connectivity index (χ4n) is 2.65. The quantitative estimate of drug-likeness (QED) is 0.745. The third kappa shape index (κ3) is 2.97. The van der Waals surface area contributed by atoms with Gasteiger partial charge in [-0.1, -0.05) is 19.8 Å². The van der Waals surface area contributed by atoms with Crippen molar-refractivity contribution in [1.82, 2.24) is 5.32 Å². The summed E-state index contributed by atoms with van der Waals surface area (Å²) in [5, 5.41) is 3.45. The van der Waals surface area contributed by atoms with Crippen molar-refractivity contribution in [2.45, 2.75) is 57.5 Å². The van der Waals surface area contributed by atoms with Crippen LogP contribution in [0.2, 0.25) is 0 Å². The van der Waals surface area contributed by atoms with Gasteiger partial charge in [0.25, 0.3) is 0 Å². The number of carbonyl (C=O) groups is 1. The molecule has 0 heterocycles. The first-order valence-electron chi connectivity index (χ1n) is 6.54. The Balaban J connectivity index is 1.91. The fraction of sp³-hybridized carbons (Fsp3) is 0.923. The summed E-state index contributed by atoms with van der Waals surface area (Å²) in [4.78, 5) is 11.8. The second-order valence-electron chi connectivity index (χ2n) is 5.46. The van der Waals surface area contributed by atoms with E-state index in [4.69, 9.17) is 4.74 Å². The lowest BCUT2D eigenvalue weighted by Gasteiger charge is -2.31. The second kappa shape index (κ2) is 5.17. The molecule has 1 atom stereocenters. The molecule has 16 heavy (non-hydrogen) atoms. The van der Waals surface area contributed by atoms with Gasteiger partial charge >= 0.3 is 5.97 Å².